The van der Waals surface area contributed by atoms with Crippen LogP contribution in [0.1, 0.15) is 51.4 Å². The van der Waals surface area contributed by atoms with Crippen molar-refractivity contribution in [2.45, 2.75) is 38.3 Å². The SMILES string of the molecule is [2H]C([2H])([2H])NC(=O)c1ccc(C2=CCN(Cc3ccc4c(c3)NC(=O)[C@@H]3CCCCN43)CC2)cn1. The van der Waals surface area contributed by atoms with Crippen LogP contribution in [0.3, 0.4) is 0 Å². The molecule has 0 radical (unpaired) electrons. The number of pyridine rings is 1. The first-order valence-corrected chi connectivity index (χ1v) is 11.2. The van der Waals surface area contributed by atoms with E-state index in [0.29, 0.717) is 0 Å². The number of aromatic nitrogens is 1. The molecular weight excluding hydrogens is 402 g/mol. The smallest absolute Gasteiger partial charge is 0.269 e. The summed E-state index contributed by atoms with van der Waals surface area (Å²) in [6.07, 6.45) is 7.79. The molecule has 4 heterocycles. The Bertz CT molecular complexity index is 1160. The van der Waals surface area contributed by atoms with Gasteiger partial charge in [-0.05, 0) is 60.6 Å². The molecule has 0 spiro atoms. The summed E-state index contributed by atoms with van der Waals surface area (Å²) in [4.78, 5) is 33.3. The van der Waals surface area contributed by atoms with E-state index in [-0.39, 0.29) is 17.6 Å². The normalized spacial score (nSPS) is 22.4. The number of hydrogen-bond donors (Lipinski definition) is 2. The summed E-state index contributed by atoms with van der Waals surface area (Å²) in [6, 6.07) is 9.73. The molecule has 1 aromatic carbocycles. The largest absolute Gasteiger partial charge is 0.358 e. The highest BCUT2D eigenvalue weighted by atomic mass is 16.2. The van der Waals surface area contributed by atoms with Crippen LogP contribution in [0.25, 0.3) is 5.57 Å². The van der Waals surface area contributed by atoms with Crippen molar-refractivity contribution in [1.29, 1.82) is 0 Å². The van der Waals surface area contributed by atoms with Gasteiger partial charge in [-0.3, -0.25) is 19.5 Å². The van der Waals surface area contributed by atoms with Gasteiger partial charge in [-0.15, -0.1) is 0 Å². The number of rotatable bonds is 4. The lowest BCUT2D eigenvalue weighted by Gasteiger charge is -2.41. The minimum absolute atomic E-state index is 0.0349. The summed E-state index contributed by atoms with van der Waals surface area (Å²) in [6.45, 7) is 0.859. The molecule has 1 fully saturated rings. The molecule has 5 rings (SSSR count). The second-order valence-corrected chi connectivity index (χ2v) is 8.65. The standard InChI is InChI=1S/C25H29N5O2/c1-26-24(31)20-7-6-19(15-27-20)18-9-12-29(13-10-18)16-17-5-8-22-21(14-17)28-25(32)23-4-2-3-11-30(22)23/h5-9,14-15,23H,2-4,10-13,16H2,1H3,(H,26,31)(H,28,32)/t23-/m0/s1/i1D3. The van der Waals surface area contributed by atoms with Gasteiger partial charge in [0.1, 0.15) is 11.7 Å². The van der Waals surface area contributed by atoms with Crippen LogP contribution < -0.4 is 15.5 Å². The van der Waals surface area contributed by atoms with Crippen molar-refractivity contribution in [2.24, 2.45) is 0 Å². The molecule has 7 nitrogen and oxygen atoms in total. The Morgan fingerprint density at radius 1 is 1.28 bits per heavy atom. The van der Waals surface area contributed by atoms with E-state index in [4.69, 9.17) is 4.11 Å². The zero-order valence-corrected chi connectivity index (χ0v) is 17.9. The van der Waals surface area contributed by atoms with Gasteiger partial charge < -0.3 is 15.5 Å². The average molecular weight is 435 g/mol. The highest BCUT2D eigenvalue weighted by Crippen LogP contribution is 2.36. The number of fused-ring (bicyclic) bond motifs is 3. The lowest BCUT2D eigenvalue weighted by atomic mass is 9.96. The number of nitrogens with zero attached hydrogens (tertiary/aromatic N) is 3. The zero-order chi connectivity index (χ0) is 24.6. The van der Waals surface area contributed by atoms with E-state index in [1.165, 1.54) is 5.56 Å². The van der Waals surface area contributed by atoms with Crippen molar-refractivity contribution in [3.05, 3.63) is 59.4 Å². The number of amides is 2. The second-order valence-electron chi connectivity index (χ2n) is 8.65. The van der Waals surface area contributed by atoms with E-state index >= 15 is 0 Å². The van der Waals surface area contributed by atoms with Gasteiger partial charge in [0.2, 0.25) is 5.91 Å². The maximum absolute atomic E-state index is 12.6. The second kappa shape index (κ2) is 8.74. The Labute approximate surface area is 192 Å². The third kappa shape index (κ3) is 4.00. The monoisotopic (exact) mass is 434 g/mol. The first-order valence-electron chi connectivity index (χ1n) is 12.7. The Morgan fingerprint density at radius 3 is 3.00 bits per heavy atom. The molecule has 1 saturated heterocycles. The Balaban J connectivity index is 1.21. The van der Waals surface area contributed by atoms with Crippen LogP contribution in [0.5, 0.6) is 0 Å². The molecule has 166 valence electrons. The van der Waals surface area contributed by atoms with E-state index < -0.39 is 12.9 Å². The topological polar surface area (TPSA) is 77.6 Å². The van der Waals surface area contributed by atoms with Crippen molar-refractivity contribution in [1.82, 2.24) is 15.2 Å². The molecule has 2 aromatic rings. The molecule has 2 N–H and O–H groups in total. The van der Waals surface area contributed by atoms with E-state index in [0.717, 1.165) is 74.4 Å². The maximum Gasteiger partial charge on any atom is 0.269 e. The molecule has 32 heavy (non-hydrogen) atoms. The molecule has 7 heteroatoms. The summed E-state index contributed by atoms with van der Waals surface area (Å²) < 4.78 is 21.4. The van der Waals surface area contributed by atoms with Crippen LogP contribution in [0.4, 0.5) is 11.4 Å². The Kier molecular flexibility index (Phi) is 4.75. The van der Waals surface area contributed by atoms with Crippen molar-refractivity contribution in [3.8, 4) is 0 Å². The summed E-state index contributed by atoms with van der Waals surface area (Å²) in [5.74, 6) is -0.604. The van der Waals surface area contributed by atoms with Gasteiger partial charge in [0.25, 0.3) is 5.91 Å². The number of carbonyl (C=O) groups excluding carboxylic acids is 2. The number of piperidine rings is 1. The van der Waals surface area contributed by atoms with Crippen LogP contribution in [0.15, 0.2) is 42.6 Å². The first kappa shape index (κ1) is 17.4. The van der Waals surface area contributed by atoms with Gasteiger partial charge in [-0.1, -0.05) is 18.2 Å². The first-order chi connectivity index (χ1) is 16.8. The molecule has 3 aliphatic rings. The summed E-state index contributed by atoms with van der Waals surface area (Å²) in [5.41, 5.74) is 5.38. The molecular formula is C25H29N5O2. The summed E-state index contributed by atoms with van der Waals surface area (Å²) >= 11 is 0. The molecule has 1 aromatic heterocycles. The van der Waals surface area contributed by atoms with Crippen LogP contribution in [0.2, 0.25) is 0 Å². The van der Waals surface area contributed by atoms with E-state index in [9.17, 15) is 9.59 Å². The van der Waals surface area contributed by atoms with Crippen molar-refractivity contribution in [2.75, 3.05) is 36.8 Å². The number of nitrogens with one attached hydrogen (secondary N) is 2. The third-order valence-corrected chi connectivity index (χ3v) is 6.61. The van der Waals surface area contributed by atoms with E-state index in [2.05, 4.69) is 44.4 Å². The van der Waals surface area contributed by atoms with Crippen molar-refractivity contribution < 1.29 is 13.7 Å². The minimum Gasteiger partial charge on any atom is -0.358 e. The summed E-state index contributed by atoms with van der Waals surface area (Å²) in [5, 5.41) is 5.06. The average Bonchev–Trinajstić information content (AvgIpc) is 2.84. The van der Waals surface area contributed by atoms with Gasteiger partial charge in [0, 0.05) is 43.5 Å². The molecule has 2 amide bonds. The van der Waals surface area contributed by atoms with Gasteiger partial charge in [-0.25, -0.2) is 0 Å². The highest BCUT2D eigenvalue weighted by molar-refractivity contribution is 6.03. The predicted molar refractivity (Wildman–Crippen MR) is 126 cm³/mol. The van der Waals surface area contributed by atoms with E-state index in [1.807, 2.05) is 11.4 Å². The van der Waals surface area contributed by atoms with Crippen molar-refractivity contribution >= 4 is 28.8 Å². The van der Waals surface area contributed by atoms with Gasteiger partial charge in [0.15, 0.2) is 0 Å². The predicted octanol–water partition coefficient (Wildman–Crippen LogP) is 3.04. The number of carbonyl (C=O) groups is 2. The molecule has 3 aliphatic heterocycles. The zero-order valence-electron chi connectivity index (χ0n) is 20.9. The fraction of sp³-hybridized carbons (Fsp3) is 0.400. The minimum atomic E-state index is -2.54. The van der Waals surface area contributed by atoms with E-state index in [1.54, 1.807) is 12.3 Å². The molecule has 0 saturated carbocycles. The summed E-state index contributed by atoms with van der Waals surface area (Å²) in [7, 11) is 0. The Morgan fingerprint density at radius 2 is 2.22 bits per heavy atom. The van der Waals surface area contributed by atoms with Gasteiger partial charge in [-0.2, -0.15) is 0 Å². The fourth-order valence-corrected chi connectivity index (χ4v) is 4.90. The van der Waals surface area contributed by atoms with Gasteiger partial charge >= 0.3 is 0 Å². The van der Waals surface area contributed by atoms with Crippen LogP contribution in [-0.4, -0.2) is 54.4 Å². The quantitative estimate of drug-likeness (QED) is 0.774. The highest BCUT2D eigenvalue weighted by Gasteiger charge is 2.34. The van der Waals surface area contributed by atoms with Crippen LogP contribution in [0, 0.1) is 0 Å². The maximum atomic E-state index is 12.6. The number of benzene rings is 1. The lowest BCUT2D eigenvalue weighted by molar-refractivity contribution is -0.118. The third-order valence-electron chi connectivity index (χ3n) is 6.61. The van der Waals surface area contributed by atoms with Crippen LogP contribution in [-0.2, 0) is 11.3 Å². The fourth-order valence-electron chi connectivity index (χ4n) is 4.90. The van der Waals surface area contributed by atoms with Crippen molar-refractivity contribution in [3.63, 3.8) is 0 Å². The van der Waals surface area contributed by atoms with Crippen LogP contribution >= 0.6 is 0 Å². The van der Waals surface area contributed by atoms with Gasteiger partial charge in [0.05, 0.1) is 11.4 Å². The lowest BCUT2D eigenvalue weighted by Crippen LogP contribution is -2.50. The molecule has 0 aliphatic carbocycles. The number of anilines is 2. The molecule has 0 unspecified atom stereocenters. The Hall–Kier alpha value is -3.19. The number of hydrogen-bond acceptors (Lipinski definition) is 5. The molecule has 0 bridgehead atoms. The molecule has 1 atom stereocenters.